The molecule has 0 bridgehead atoms. The van der Waals surface area contributed by atoms with Crippen LogP contribution in [-0.2, 0) is 6.42 Å². The molecule has 3 aromatic carbocycles. The number of rotatable bonds is 11. The molecule has 9 nitrogen and oxygen atoms in total. The summed E-state index contributed by atoms with van der Waals surface area (Å²) in [6, 6.07) is 22.5. The van der Waals surface area contributed by atoms with Gasteiger partial charge < -0.3 is 30.9 Å². The molecule has 5 rings (SSSR count). The van der Waals surface area contributed by atoms with Gasteiger partial charge in [0.05, 0.1) is 5.69 Å². The number of nitrogens with zero attached hydrogens (tertiary/aromatic N) is 3. The highest BCUT2D eigenvalue weighted by Crippen LogP contribution is 2.31. The average molecular weight is 562 g/mol. The van der Waals surface area contributed by atoms with Gasteiger partial charge in [0.25, 0.3) is 5.91 Å². The first-order chi connectivity index (χ1) is 20.4. The highest BCUT2D eigenvalue weighted by molar-refractivity contribution is 6.04. The van der Waals surface area contributed by atoms with Crippen LogP contribution in [-0.4, -0.2) is 57.7 Å². The van der Waals surface area contributed by atoms with Gasteiger partial charge in [-0.3, -0.25) is 4.79 Å². The fourth-order valence-corrected chi connectivity index (χ4v) is 4.57. The van der Waals surface area contributed by atoms with Gasteiger partial charge in [0.2, 0.25) is 5.95 Å². The Balaban J connectivity index is 1.25. The molecule has 9 heteroatoms. The molecule has 2 aromatic heterocycles. The van der Waals surface area contributed by atoms with Gasteiger partial charge in [0.15, 0.2) is 0 Å². The second-order valence-electron chi connectivity index (χ2n) is 10.2. The number of aromatic nitrogens is 3. The first-order valence-corrected chi connectivity index (χ1v) is 13.9. The Bertz CT molecular complexity index is 1690. The van der Waals surface area contributed by atoms with E-state index in [1.807, 2.05) is 79.9 Å². The molecule has 0 aliphatic heterocycles. The topological polar surface area (TPSA) is 118 Å². The van der Waals surface area contributed by atoms with E-state index in [9.17, 15) is 9.90 Å². The van der Waals surface area contributed by atoms with Gasteiger partial charge in [-0.2, -0.15) is 0 Å². The number of anilines is 4. The van der Waals surface area contributed by atoms with Crippen molar-refractivity contribution >= 4 is 39.8 Å². The second-order valence-corrected chi connectivity index (χ2v) is 10.2. The van der Waals surface area contributed by atoms with Crippen molar-refractivity contribution in [1.29, 1.82) is 0 Å². The molecule has 0 spiro atoms. The minimum atomic E-state index is -0.819. The lowest BCUT2D eigenvalue weighted by molar-refractivity contribution is 0.102. The summed E-state index contributed by atoms with van der Waals surface area (Å²) in [5.41, 5.74) is 6.62. The molecule has 0 radical (unpaired) electrons. The number of hydrogen-bond acceptors (Lipinski definition) is 7. The maximum atomic E-state index is 12.9. The first kappa shape index (κ1) is 28.5. The quantitative estimate of drug-likeness (QED) is 0.0987. The number of carbonyl (C=O) groups excluding carboxylic acids is 1. The molecule has 0 saturated carbocycles. The normalized spacial score (nSPS) is 12.1. The smallest absolute Gasteiger partial charge is 0.255 e. The Hall–Kier alpha value is -4.99. The van der Waals surface area contributed by atoms with E-state index in [1.165, 1.54) is 0 Å². The summed E-state index contributed by atoms with van der Waals surface area (Å²) in [5, 5.41) is 20.5. The zero-order valence-corrected chi connectivity index (χ0v) is 23.9. The molecule has 5 aromatic rings. The molecule has 1 amide bonds. The van der Waals surface area contributed by atoms with E-state index in [-0.39, 0.29) is 5.91 Å². The molecule has 1 unspecified atom stereocenters. The van der Waals surface area contributed by atoms with Gasteiger partial charge in [-0.1, -0.05) is 37.3 Å². The Morgan fingerprint density at radius 1 is 1.02 bits per heavy atom. The third-order valence-corrected chi connectivity index (χ3v) is 6.72. The summed E-state index contributed by atoms with van der Waals surface area (Å²) in [5.74, 6) is 0.230. The summed E-state index contributed by atoms with van der Waals surface area (Å²) in [6.45, 7) is 2.83. The minimum Gasteiger partial charge on any atom is -0.370 e. The van der Waals surface area contributed by atoms with Crippen LogP contribution in [0.5, 0.6) is 0 Å². The number of nitrogens with one attached hydrogen (secondary N) is 4. The lowest BCUT2D eigenvalue weighted by atomic mass is 10.0. The molecule has 1 atom stereocenters. The molecule has 0 aliphatic carbocycles. The predicted octanol–water partition coefficient (Wildman–Crippen LogP) is 6.03. The number of para-hydroxylation sites is 1. The largest absolute Gasteiger partial charge is 0.370 e. The van der Waals surface area contributed by atoms with E-state index in [2.05, 4.69) is 38.9 Å². The van der Waals surface area contributed by atoms with E-state index in [0.29, 0.717) is 22.9 Å². The monoisotopic (exact) mass is 561 g/mol. The number of aryl methyl sites for hydroxylation is 1. The first-order valence-electron chi connectivity index (χ1n) is 13.9. The van der Waals surface area contributed by atoms with E-state index < -0.39 is 6.23 Å². The fraction of sp³-hybridized carbons (Fsp3) is 0.182. The maximum absolute atomic E-state index is 12.9. The van der Waals surface area contributed by atoms with Crippen molar-refractivity contribution in [3.63, 3.8) is 0 Å². The van der Waals surface area contributed by atoms with E-state index in [0.717, 1.165) is 46.4 Å². The van der Waals surface area contributed by atoms with Crippen LogP contribution in [0.15, 0.2) is 97.3 Å². The van der Waals surface area contributed by atoms with Gasteiger partial charge in [0.1, 0.15) is 6.23 Å². The van der Waals surface area contributed by atoms with Gasteiger partial charge in [0, 0.05) is 58.0 Å². The Kier molecular flexibility index (Phi) is 8.91. The molecule has 42 heavy (non-hydrogen) atoms. The predicted molar refractivity (Wildman–Crippen MR) is 170 cm³/mol. The zero-order chi connectivity index (χ0) is 29.5. The van der Waals surface area contributed by atoms with Gasteiger partial charge in [-0.25, -0.2) is 9.97 Å². The Morgan fingerprint density at radius 2 is 1.81 bits per heavy atom. The second kappa shape index (κ2) is 13.1. The number of carbonyl (C=O) groups is 1. The number of H-pyrrole nitrogens is 1. The third-order valence-electron chi connectivity index (χ3n) is 6.72. The lowest BCUT2D eigenvalue weighted by Gasteiger charge is -2.12. The minimum absolute atomic E-state index is 0.240. The number of likely N-dealkylation sites (N-methyl/N-ethyl adjacent to an activating group) is 1. The summed E-state index contributed by atoms with van der Waals surface area (Å²) in [7, 11) is 3.92. The van der Waals surface area contributed by atoms with Crippen LogP contribution in [0.4, 0.5) is 23.0 Å². The molecule has 2 heterocycles. The SMILES string of the molecule is CCc1cnc(Nc2cccc(NC(=O)c3ccc(NC(O)/C=C/CN(C)C)cc3)c2)nc1-c1c[nH]c2ccccc12. The van der Waals surface area contributed by atoms with Crippen LogP contribution in [0.3, 0.4) is 0 Å². The molecule has 5 N–H and O–H groups in total. The summed E-state index contributed by atoms with van der Waals surface area (Å²) in [6.07, 6.45) is 7.41. The molecule has 0 aliphatic rings. The van der Waals surface area contributed by atoms with E-state index >= 15 is 0 Å². The summed E-state index contributed by atoms with van der Waals surface area (Å²) < 4.78 is 0. The zero-order valence-electron chi connectivity index (χ0n) is 23.9. The maximum Gasteiger partial charge on any atom is 0.255 e. The average Bonchev–Trinajstić information content (AvgIpc) is 3.41. The van der Waals surface area contributed by atoms with Crippen molar-refractivity contribution in [2.24, 2.45) is 0 Å². The molecule has 0 saturated heterocycles. The number of hydrogen-bond donors (Lipinski definition) is 5. The number of aliphatic hydroxyl groups excluding tert-OH is 1. The molecule has 214 valence electrons. The van der Waals surface area contributed by atoms with Crippen molar-refractivity contribution in [2.75, 3.05) is 36.6 Å². The number of amides is 1. The highest BCUT2D eigenvalue weighted by atomic mass is 16.3. The number of aliphatic hydroxyl groups is 1. The van der Waals surface area contributed by atoms with Crippen molar-refractivity contribution < 1.29 is 9.90 Å². The summed E-state index contributed by atoms with van der Waals surface area (Å²) in [4.78, 5) is 27.7. The standard InChI is InChI=1S/C33H35N7O2/c1-4-22-20-35-33(39-31(22)28-21-34-29-12-6-5-11-27(28)29)38-26-10-7-9-25(19-26)37-32(42)23-14-16-24(17-15-23)36-30(41)13-8-18-40(2)3/h5-17,19-21,30,34,36,41H,4,18H2,1-3H3,(H,37,42)(H,35,38,39)/b13-8+. The van der Waals surface area contributed by atoms with Crippen molar-refractivity contribution in [3.05, 3.63) is 108 Å². The molecular formula is C33H35N7O2. The molecule has 0 fully saturated rings. The van der Waals surface area contributed by atoms with Crippen molar-refractivity contribution in [1.82, 2.24) is 19.9 Å². The van der Waals surface area contributed by atoms with Gasteiger partial charge in [-0.15, -0.1) is 0 Å². The van der Waals surface area contributed by atoms with Gasteiger partial charge >= 0.3 is 0 Å². The van der Waals surface area contributed by atoms with Crippen molar-refractivity contribution in [2.45, 2.75) is 19.6 Å². The lowest BCUT2D eigenvalue weighted by Crippen LogP contribution is -2.17. The number of fused-ring (bicyclic) bond motifs is 1. The highest BCUT2D eigenvalue weighted by Gasteiger charge is 2.14. The van der Waals surface area contributed by atoms with E-state index in [4.69, 9.17) is 4.98 Å². The van der Waals surface area contributed by atoms with Gasteiger partial charge in [-0.05, 0) is 80.7 Å². The van der Waals surface area contributed by atoms with Crippen LogP contribution in [0.1, 0.15) is 22.8 Å². The van der Waals surface area contributed by atoms with Crippen LogP contribution < -0.4 is 16.0 Å². The van der Waals surface area contributed by atoms with Crippen molar-refractivity contribution in [3.8, 4) is 11.3 Å². The number of benzene rings is 3. The van der Waals surface area contributed by atoms with Crippen LogP contribution in [0, 0.1) is 0 Å². The fourth-order valence-electron chi connectivity index (χ4n) is 4.57. The van der Waals surface area contributed by atoms with Crippen LogP contribution in [0.25, 0.3) is 22.2 Å². The van der Waals surface area contributed by atoms with Crippen LogP contribution >= 0.6 is 0 Å². The summed E-state index contributed by atoms with van der Waals surface area (Å²) >= 11 is 0. The third kappa shape index (κ3) is 7.01. The van der Waals surface area contributed by atoms with E-state index in [1.54, 1.807) is 30.3 Å². The molecular weight excluding hydrogens is 526 g/mol. The Morgan fingerprint density at radius 3 is 2.60 bits per heavy atom. The Labute approximate surface area is 245 Å². The number of aromatic amines is 1. The van der Waals surface area contributed by atoms with Crippen LogP contribution in [0.2, 0.25) is 0 Å².